The molecule has 156 valence electrons. The molecule has 0 aliphatic carbocycles. The van der Waals surface area contributed by atoms with E-state index >= 15 is 0 Å². The number of carbonyl (C=O) groups excluding carboxylic acids is 2. The summed E-state index contributed by atoms with van der Waals surface area (Å²) >= 11 is 0. The van der Waals surface area contributed by atoms with Gasteiger partial charge in [-0.15, -0.1) is 0 Å². The second-order valence-corrected chi connectivity index (χ2v) is 7.57. The number of rotatable bonds is 5. The third-order valence-electron chi connectivity index (χ3n) is 5.68. The van der Waals surface area contributed by atoms with E-state index in [0.29, 0.717) is 35.4 Å². The Morgan fingerprint density at radius 1 is 1.28 bits per heavy atom. The molecular weight excluding hydrogens is 374 g/mol. The molecule has 2 atom stereocenters. The lowest BCUT2D eigenvalue weighted by Crippen LogP contribution is -2.50. The maximum Gasteiger partial charge on any atom is 0.338 e. The Kier molecular flexibility index (Phi) is 5.62. The summed E-state index contributed by atoms with van der Waals surface area (Å²) in [5, 5.41) is 5.72. The van der Waals surface area contributed by atoms with E-state index in [-0.39, 0.29) is 19.4 Å². The SMILES string of the molecule is CCOC(=O)C1=C(CN2CCCC[C@@H]2C)NC(=O)N[C@@H]1c1ccc2c(c1)OCO2. The van der Waals surface area contributed by atoms with Crippen molar-refractivity contribution >= 4 is 12.0 Å². The molecule has 3 aliphatic rings. The summed E-state index contributed by atoms with van der Waals surface area (Å²) in [6.07, 6.45) is 3.43. The molecule has 4 rings (SSSR count). The van der Waals surface area contributed by atoms with Crippen molar-refractivity contribution in [3.05, 3.63) is 35.0 Å². The van der Waals surface area contributed by atoms with Crippen molar-refractivity contribution in [1.82, 2.24) is 15.5 Å². The molecule has 3 aliphatic heterocycles. The van der Waals surface area contributed by atoms with Gasteiger partial charge in [0.15, 0.2) is 11.5 Å². The topological polar surface area (TPSA) is 89.1 Å². The maximum absolute atomic E-state index is 12.9. The monoisotopic (exact) mass is 401 g/mol. The molecule has 8 nitrogen and oxygen atoms in total. The number of nitrogens with one attached hydrogen (secondary N) is 2. The smallest absolute Gasteiger partial charge is 0.338 e. The van der Waals surface area contributed by atoms with Crippen molar-refractivity contribution < 1.29 is 23.8 Å². The van der Waals surface area contributed by atoms with E-state index in [9.17, 15) is 9.59 Å². The molecule has 1 saturated heterocycles. The normalized spacial score (nSPS) is 24.1. The minimum absolute atomic E-state index is 0.163. The van der Waals surface area contributed by atoms with E-state index in [4.69, 9.17) is 14.2 Å². The average molecular weight is 401 g/mol. The molecule has 1 aromatic carbocycles. The summed E-state index contributed by atoms with van der Waals surface area (Å²) in [5.41, 5.74) is 1.78. The van der Waals surface area contributed by atoms with Gasteiger partial charge in [0.2, 0.25) is 6.79 Å². The summed E-state index contributed by atoms with van der Waals surface area (Å²) in [5.74, 6) is 0.824. The number of amides is 2. The number of urea groups is 1. The molecule has 0 bridgehead atoms. The van der Waals surface area contributed by atoms with Crippen LogP contribution in [-0.2, 0) is 9.53 Å². The summed E-state index contributed by atoms with van der Waals surface area (Å²) < 4.78 is 16.2. The highest BCUT2D eigenvalue weighted by molar-refractivity contribution is 5.95. The first-order valence-corrected chi connectivity index (χ1v) is 10.2. The minimum atomic E-state index is -0.618. The van der Waals surface area contributed by atoms with Gasteiger partial charge in [-0.25, -0.2) is 9.59 Å². The highest BCUT2D eigenvalue weighted by atomic mass is 16.7. The van der Waals surface area contributed by atoms with E-state index in [1.807, 2.05) is 6.07 Å². The molecule has 29 heavy (non-hydrogen) atoms. The zero-order chi connectivity index (χ0) is 20.4. The second-order valence-electron chi connectivity index (χ2n) is 7.57. The van der Waals surface area contributed by atoms with Crippen LogP contribution in [0.4, 0.5) is 4.79 Å². The van der Waals surface area contributed by atoms with Gasteiger partial charge in [-0.05, 0) is 50.9 Å². The first kappa shape index (κ1) is 19.6. The van der Waals surface area contributed by atoms with E-state index in [1.54, 1.807) is 19.1 Å². The lowest BCUT2D eigenvalue weighted by molar-refractivity contribution is -0.139. The Hall–Kier alpha value is -2.74. The fourth-order valence-corrected chi connectivity index (χ4v) is 4.13. The average Bonchev–Trinajstić information content (AvgIpc) is 3.17. The Morgan fingerprint density at radius 2 is 2.10 bits per heavy atom. The predicted molar refractivity (Wildman–Crippen MR) is 106 cm³/mol. The van der Waals surface area contributed by atoms with Gasteiger partial charge in [-0.3, -0.25) is 4.90 Å². The van der Waals surface area contributed by atoms with Crippen molar-refractivity contribution in [3.63, 3.8) is 0 Å². The molecule has 0 saturated carbocycles. The van der Waals surface area contributed by atoms with Gasteiger partial charge >= 0.3 is 12.0 Å². The molecule has 1 fully saturated rings. The first-order chi connectivity index (χ1) is 14.1. The lowest BCUT2D eigenvalue weighted by atomic mass is 9.94. The standard InChI is InChI=1S/C21H27N3O5/c1-3-27-20(25)18-15(11-24-9-5-4-6-13(24)2)22-21(26)23-19(18)14-7-8-16-17(10-14)29-12-28-16/h7-8,10,13,19H,3-6,9,11-12H2,1-2H3,(H2,22,23,26)/t13-,19+/m0/s1. The van der Waals surface area contributed by atoms with Crippen molar-refractivity contribution in [3.8, 4) is 11.5 Å². The second kappa shape index (κ2) is 8.32. The van der Waals surface area contributed by atoms with Gasteiger partial charge in [0.25, 0.3) is 0 Å². The number of nitrogens with zero attached hydrogens (tertiary/aromatic N) is 1. The fourth-order valence-electron chi connectivity index (χ4n) is 4.13. The maximum atomic E-state index is 12.9. The summed E-state index contributed by atoms with van der Waals surface area (Å²) in [6.45, 7) is 5.83. The molecule has 1 aromatic rings. The van der Waals surface area contributed by atoms with Crippen LogP contribution in [0.3, 0.4) is 0 Å². The highest BCUT2D eigenvalue weighted by Gasteiger charge is 2.35. The van der Waals surface area contributed by atoms with Gasteiger partial charge in [0.05, 0.1) is 18.2 Å². The summed E-state index contributed by atoms with van der Waals surface area (Å²) in [7, 11) is 0. The molecule has 0 unspecified atom stereocenters. The molecule has 0 radical (unpaired) electrons. The first-order valence-electron chi connectivity index (χ1n) is 10.2. The van der Waals surface area contributed by atoms with Gasteiger partial charge in [0, 0.05) is 18.3 Å². The Balaban J connectivity index is 1.71. The van der Waals surface area contributed by atoms with E-state index in [0.717, 1.165) is 24.9 Å². The number of esters is 1. The van der Waals surface area contributed by atoms with Crippen LogP contribution in [0.2, 0.25) is 0 Å². The summed E-state index contributed by atoms with van der Waals surface area (Å²) in [4.78, 5) is 27.7. The quantitative estimate of drug-likeness (QED) is 0.737. The van der Waals surface area contributed by atoms with Gasteiger partial charge in [0.1, 0.15) is 0 Å². The number of benzene rings is 1. The Labute approximate surface area is 170 Å². The van der Waals surface area contributed by atoms with Crippen LogP contribution in [0.1, 0.15) is 44.7 Å². The number of carbonyl (C=O) groups is 2. The van der Waals surface area contributed by atoms with Crippen LogP contribution in [0.5, 0.6) is 11.5 Å². The van der Waals surface area contributed by atoms with Crippen LogP contribution >= 0.6 is 0 Å². The minimum Gasteiger partial charge on any atom is -0.463 e. The van der Waals surface area contributed by atoms with Crippen LogP contribution in [-0.4, -0.2) is 49.4 Å². The highest BCUT2D eigenvalue weighted by Crippen LogP contribution is 2.37. The van der Waals surface area contributed by atoms with Crippen LogP contribution < -0.4 is 20.1 Å². The van der Waals surface area contributed by atoms with Crippen molar-refractivity contribution in [2.75, 3.05) is 26.5 Å². The Morgan fingerprint density at radius 3 is 2.90 bits per heavy atom. The number of fused-ring (bicyclic) bond motifs is 1. The van der Waals surface area contributed by atoms with Crippen LogP contribution in [0.15, 0.2) is 29.5 Å². The third-order valence-corrected chi connectivity index (χ3v) is 5.68. The van der Waals surface area contributed by atoms with Crippen molar-refractivity contribution in [2.24, 2.45) is 0 Å². The molecular formula is C21H27N3O5. The van der Waals surface area contributed by atoms with Crippen LogP contribution in [0.25, 0.3) is 0 Å². The van der Waals surface area contributed by atoms with Gasteiger partial charge in [-0.1, -0.05) is 12.5 Å². The predicted octanol–water partition coefficient (Wildman–Crippen LogP) is 2.46. The third kappa shape index (κ3) is 4.03. The fraction of sp³-hybridized carbons (Fsp3) is 0.524. The zero-order valence-corrected chi connectivity index (χ0v) is 16.8. The van der Waals surface area contributed by atoms with E-state index in [1.165, 1.54) is 6.42 Å². The van der Waals surface area contributed by atoms with E-state index in [2.05, 4.69) is 22.5 Å². The molecule has 0 spiro atoms. The number of ether oxygens (including phenoxy) is 3. The Bertz CT molecular complexity index is 838. The van der Waals surface area contributed by atoms with Crippen molar-refractivity contribution in [1.29, 1.82) is 0 Å². The number of hydrogen-bond acceptors (Lipinski definition) is 6. The zero-order valence-electron chi connectivity index (χ0n) is 16.8. The van der Waals surface area contributed by atoms with Gasteiger partial charge in [-0.2, -0.15) is 0 Å². The number of hydrogen-bond donors (Lipinski definition) is 2. The van der Waals surface area contributed by atoms with Gasteiger partial charge < -0.3 is 24.8 Å². The van der Waals surface area contributed by atoms with E-state index < -0.39 is 12.0 Å². The molecule has 8 heteroatoms. The van der Waals surface area contributed by atoms with Crippen molar-refractivity contribution in [2.45, 2.75) is 45.2 Å². The molecule has 2 N–H and O–H groups in total. The van der Waals surface area contributed by atoms with Crippen LogP contribution in [0, 0.1) is 0 Å². The largest absolute Gasteiger partial charge is 0.463 e. The lowest BCUT2D eigenvalue weighted by Gasteiger charge is -2.36. The summed E-state index contributed by atoms with van der Waals surface area (Å²) in [6, 6.07) is 4.88. The number of likely N-dealkylation sites (tertiary alicyclic amines) is 1. The molecule has 3 heterocycles. The number of piperidine rings is 1. The molecule has 0 aromatic heterocycles. The molecule has 2 amide bonds.